The van der Waals surface area contributed by atoms with Crippen LogP contribution in [0.15, 0.2) is 0 Å². The van der Waals surface area contributed by atoms with Gasteiger partial charge in [-0.2, -0.15) is 0 Å². The van der Waals surface area contributed by atoms with Gasteiger partial charge in [0.05, 0.1) is 12.2 Å². The van der Waals surface area contributed by atoms with Crippen LogP contribution in [-0.4, -0.2) is 18.2 Å². The van der Waals surface area contributed by atoms with E-state index >= 15 is 0 Å². The molecule has 2 N–H and O–H groups in total. The lowest BCUT2D eigenvalue weighted by Gasteiger charge is -2.12. The first kappa shape index (κ1) is 11.0. The highest BCUT2D eigenvalue weighted by Gasteiger charge is 2.20. The first-order chi connectivity index (χ1) is 6.22. The fourth-order valence-corrected chi connectivity index (χ4v) is 1.91. The predicted octanol–water partition coefficient (Wildman–Crippen LogP) is 2.46. The molecule has 1 fully saturated rings. The Morgan fingerprint density at radius 1 is 1.46 bits per heavy atom. The van der Waals surface area contributed by atoms with E-state index in [9.17, 15) is 0 Å². The summed E-state index contributed by atoms with van der Waals surface area (Å²) in [4.78, 5) is 0. The van der Waals surface area contributed by atoms with Gasteiger partial charge >= 0.3 is 0 Å². The minimum Gasteiger partial charge on any atom is -0.375 e. The van der Waals surface area contributed by atoms with Crippen LogP contribution < -0.4 is 5.73 Å². The highest BCUT2D eigenvalue weighted by molar-refractivity contribution is 4.71. The van der Waals surface area contributed by atoms with E-state index in [-0.39, 0.29) is 0 Å². The molecule has 2 nitrogen and oxygen atoms in total. The zero-order valence-corrected chi connectivity index (χ0v) is 8.96. The van der Waals surface area contributed by atoms with Gasteiger partial charge in [0.2, 0.25) is 0 Å². The zero-order valence-electron chi connectivity index (χ0n) is 8.96. The van der Waals surface area contributed by atoms with E-state index in [4.69, 9.17) is 10.5 Å². The molecule has 0 spiro atoms. The van der Waals surface area contributed by atoms with E-state index in [0.29, 0.717) is 18.2 Å². The second-order valence-corrected chi connectivity index (χ2v) is 4.25. The first-order valence-electron chi connectivity index (χ1n) is 5.63. The van der Waals surface area contributed by atoms with Crippen LogP contribution >= 0.6 is 0 Å². The second kappa shape index (κ2) is 5.61. The van der Waals surface area contributed by atoms with Crippen LogP contribution in [0.2, 0.25) is 0 Å². The maximum absolute atomic E-state index is 5.84. The van der Waals surface area contributed by atoms with Gasteiger partial charge in [-0.05, 0) is 45.4 Å². The molecule has 0 saturated carbocycles. The van der Waals surface area contributed by atoms with Gasteiger partial charge in [-0.1, -0.05) is 6.92 Å². The third-order valence-corrected chi connectivity index (χ3v) is 2.95. The Labute approximate surface area is 81.8 Å². The Balaban J connectivity index is 2.00. The van der Waals surface area contributed by atoms with Gasteiger partial charge in [-0.25, -0.2) is 0 Å². The van der Waals surface area contributed by atoms with Crippen molar-refractivity contribution in [3.05, 3.63) is 0 Å². The second-order valence-electron chi connectivity index (χ2n) is 4.25. The van der Waals surface area contributed by atoms with Crippen LogP contribution in [0.25, 0.3) is 0 Å². The largest absolute Gasteiger partial charge is 0.375 e. The summed E-state index contributed by atoms with van der Waals surface area (Å²) in [6.07, 6.45) is 8.20. The summed E-state index contributed by atoms with van der Waals surface area (Å²) in [5.41, 5.74) is 5.84. The summed E-state index contributed by atoms with van der Waals surface area (Å²) in [6.45, 7) is 4.32. The van der Waals surface area contributed by atoms with Gasteiger partial charge in [-0.15, -0.1) is 0 Å². The fraction of sp³-hybridized carbons (Fsp3) is 1.00. The molecule has 3 unspecified atom stereocenters. The maximum atomic E-state index is 5.84. The molecule has 1 heterocycles. The number of nitrogens with two attached hydrogens (primary N) is 1. The van der Waals surface area contributed by atoms with Crippen molar-refractivity contribution in [1.29, 1.82) is 0 Å². The van der Waals surface area contributed by atoms with Crippen LogP contribution in [0, 0.1) is 0 Å². The summed E-state index contributed by atoms with van der Waals surface area (Å²) in [7, 11) is 0. The quantitative estimate of drug-likeness (QED) is 0.714. The molecule has 13 heavy (non-hydrogen) atoms. The van der Waals surface area contributed by atoms with E-state index < -0.39 is 0 Å². The lowest BCUT2D eigenvalue weighted by atomic mass is 10.0. The Hall–Kier alpha value is -0.0800. The van der Waals surface area contributed by atoms with Crippen molar-refractivity contribution in [3.63, 3.8) is 0 Å². The Morgan fingerprint density at radius 3 is 2.77 bits per heavy atom. The summed E-state index contributed by atoms with van der Waals surface area (Å²) < 4.78 is 5.74. The molecule has 0 aliphatic carbocycles. The maximum Gasteiger partial charge on any atom is 0.0579 e. The average molecular weight is 185 g/mol. The predicted molar refractivity (Wildman–Crippen MR) is 55.7 cm³/mol. The highest BCUT2D eigenvalue weighted by Crippen LogP contribution is 2.23. The summed E-state index contributed by atoms with van der Waals surface area (Å²) in [5, 5.41) is 0. The Kier molecular flexibility index (Phi) is 4.74. The smallest absolute Gasteiger partial charge is 0.0579 e. The van der Waals surface area contributed by atoms with Crippen LogP contribution in [0.5, 0.6) is 0 Å². The summed E-state index contributed by atoms with van der Waals surface area (Å²) in [6, 6.07) is 0.402. The van der Waals surface area contributed by atoms with Crippen molar-refractivity contribution in [2.24, 2.45) is 5.73 Å². The third-order valence-electron chi connectivity index (χ3n) is 2.95. The number of rotatable bonds is 5. The van der Waals surface area contributed by atoms with Gasteiger partial charge in [0.25, 0.3) is 0 Å². The topological polar surface area (TPSA) is 35.2 Å². The number of hydrogen-bond donors (Lipinski definition) is 1. The standard InChI is InChI=1S/C11H23NO/c1-3-10(12)5-4-6-11-8-7-9(2)13-11/h9-11H,3-8,12H2,1-2H3. The van der Waals surface area contributed by atoms with Crippen LogP contribution in [-0.2, 0) is 4.74 Å². The molecule has 0 aromatic heterocycles. The minimum atomic E-state index is 0.402. The third kappa shape index (κ3) is 4.10. The average Bonchev–Trinajstić information content (AvgIpc) is 2.51. The molecule has 0 aromatic carbocycles. The van der Waals surface area contributed by atoms with Gasteiger partial charge < -0.3 is 10.5 Å². The monoisotopic (exact) mass is 185 g/mol. The molecule has 78 valence electrons. The molecule has 1 aliphatic rings. The van der Waals surface area contributed by atoms with E-state index in [2.05, 4.69) is 13.8 Å². The molecular weight excluding hydrogens is 162 g/mol. The fourth-order valence-electron chi connectivity index (χ4n) is 1.91. The van der Waals surface area contributed by atoms with Crippen LogP contribution in [0.3, 0.4) is 0 Å². The minimum absolute atomic E-state index is 0.402. The van der Waals surface area contributed by atoms with E-state index in [0.717, 1.165) is 12.8 Å². The van der Waals surface area contributed by atoms with Crippen molar-refractivity contribution in [1.82, 2.24) is 0 Å². The number of hydrogen-bond acceptors (Lipinski definition) is 2. The molecule has 1 aliphatic heterocycles. The SMILES string of the molecule is CCC(N)CCCC1CCC(C)O1. The van der Waals surface area contributed by atoms with Gasteiger partial charge in [0, 0.05) is 6.04 Å². The van der Waals surface area contributed by atoms with E-state index in [1.807, 2.05) is 0 Å². The molecule has 0 bridgehead atoms. The van der Waals surface area contributed by atoms with Crippen molar-refractivity contribution in [2.45, 2.75) is 70.6 Å². The lowest BCUT2D eigenvalue weighted by Crippen LogP contribution is -2.19. The van der Waals surface area contributed by atoms with E-state index in [1.54, 1.807) is 0 Å². The first-order valence-corrected chi connectivity index (χ1v) is 5.63. The van der Waals surface area contributed by atoms with Gasteiger partial charge in [0.15, 0.2) is 0 Å². The van der Waals surface area contributed by atoms with Crippen LogP contribution in [0.4, 0.5) is 0 Å². The number of ether oxygens (including phenoxy) is 1. The van der Waals surface area contributed by atoms with Crippen LogP contribution in [0.1, 0.15) is 52.4 Å². The van der Waals surface area contributed by atoms with Crippen molar-refractivity contribution >= 4 is 0 Å². The molecule has 1 rings (SSSR count). The highest BCUT2D eigenvalue weighted by atomic mass is 16.5. The van der Waals surface area contributed by atoms with Crippen molar-refractivity contribution in [3.8, 4) is 0 Å². The lowest BCUT2D eigenvalue weighted by molar-refractivity contribution is 0.0492. The molecule has 1 saturated heterocycles. The molecule has 0 radical (unpaired) electrons. The molecule has 2 heteroatoms. The molecule has 3 atom stereocenters. The molecule has 0 aromatic rings. The van der Waals surface area contributed by atoms with Gasteiger partial charge in [0.1, 0.15) is 0 Å². The Morgan fingerprint density at radius 2 is 2.23 bits per heavy atom. The summed E-state index contributed by atoms with van der Waals surface area (Å²) in [5.74, 6) is 0. The molecule has 0 amide bonds. The van der Waals surface area contributed by atoms with Crippen molar-refractivity contribution in [2.75, 3.05) is 0 Å². The normalized spacial score (nSPS) is 30.7. The van der Waals surface area contributed by atoms with Crippen molar-refractivity contribution < 1.29 is 4.74 Å². The zero-order chi connectivity index (χ0) is 9.68. The van der Waals surface area contributed by atoms with Gasteiger partial charge in [-0.3, -0.25) is 0 Å². The van der Waals surface area contributed by atoms with E-state index in [1.165, 1.54) is 25.7 Å². The summed E-state index contributed by atoms with van der Waals surface area (Å²) >= 11 is 0. The molecular formula is C11H23NO. The Bertz CT molecular complexity index is 138.